The second-order valence-electron chi connectivity index (χ2n) is 10.8. The van der Waals surface area contributed by atoms with Crippen molar-refractivity contribution in [3.8, 4) is 22.8 Å². The Bertz CT molecular complexity index is 1390. The highest BCUT2D eigenvalue weighted by Crippen LogP contribution is 2.47. The van der Waals surface area contributed by atoms with E-state index in [2.05, 4.69) is 35.8 Å². The summed E-state index contributed by atoms with van der Waals surface area (Å²) in [7, 11) is -3.21. The number of hydrogen-bond donors (Lipinski definition) is 0. The average Bonchev–Trinajstić information content (AvgIpc) is 3.05. The molecular weight excluding hydrogens is 472 g/mol. The highest BCUT2D eigenvalue weighted by Gasteiger charge is 2.30. The van der Waals surface area contributed by atoms with Gasteiger partial charge in [-0.25, -0.2) is 8.42 Å². The van der Waals surface area contributed by atoms with Crippen LogP contribution in [0.3, 0.4) is 0 Å². The van der Waals surface area contributed by atoms with Gasteiger partial charge in [-0.1, -0.05) is 31.4 Å². The molecule has 1 aromatic heterocycles. The quantitative estimate of drug-likeness (QED) is 0.443. The molecule has 0 N–H and O–H groups in total. The maximum Gasteiger partial charge on any atom is 0.211 e. The smallest absolute Gasteiger partial charge is 0.211 e. The fraction of sp³-hybridized carbons (Fsp3) is 0.517. The van der Waals surface area contributed by atoms with Gasteiger partial charge in [0, 0.05) is 29.1 Å². The molecule has 1 saturated heterocycles. The molecule has 0 amide bonds. The van der Waals surface area contributed by atoms with E-state index in [0.717, 1.165) is 36.4 Å². The summed E-state index contributed by atoms with van der Waals surface area (Å²) in [4.78, 5) is 0. The lowest BCUT2D eigenvalue weighted by molar-refractivity contribution is 0.129. The van der Waals surface area contributed by atoms with Crippen molar-refractivity contribution >= 4 is 20.9 Å². The normalized spacial score (nSPS) is 21.4. The van der Waals surface area contributed by atoms with E-state index < -0.39 is 10.0 Å². The van der Waals surface area contributed by atoms with Gasteiger partial charge in [0.05, 0.1) is 25.0 Å². The molecule has 1 unspecified atom stereocenters. The van der Waals surface area contributed by atoms with E-state index in [-0.39, 0.29) is 6.10 Å². The second-order valence-corrected chi connectivity index (χ2v) is 12.8. The van der Waals surface area contributed by atoms with Gasteiger partial charge in [0.2, 0.25) is 10.0 Å². The average molecular weight is 509 g/mol. The molecular formula is C29H36N2O4S. The van der Waals surface area contributed by atoms with Crippen molar-refractivity contribution in [1.82, 2.24) is 8.87 Å². The molecule has 36 heavy (non-hydrogen) atoms. The summed E-state index contributed by atoms with van der Waals surface area (Å²) < 4.78 is 40.7. The molecule has 6 rings (SSSR count). The van der Waals surface area contributed by atoms with Crippen LogP contribution in [0.25, 0.3) is 22.2 Å². The van der Waals surface area contributed by atoms with Crippen molar-refractivity contribution < 1.29 is 17.9 Å². The molecule has 1 saturated carbocycles. The predicted molar refractivity (Wildman–Crippen MR) is 143 cm³/mol. The first-order chi connectivity index (χ1) is 17.4. The molecule has 2 aromatic carbocycles. The largest absolute Gasteiger partial charge is 0.491 e. The van der Waals surface area contributed by atoms with Gasteiger partial charge in [-0.05, 0) is 67.9 Å². The van der Waals surface area contributed by atoms with Crippen molar-refractivity contribution in [2.45, 2.75) is 70.4 Å². The summed E-state index contributed by atoms with van der Waals surface area (Å²) in [5.41, 5.74) is 6.52. The highest BCUT2D eigenvalue weighted by molar-refractivity contribution is 7.88. The standard InChI is InChI=1S/C29H36N2O4S/c1-20-10-12-24-26(17-20)31-15-16-34-27-18-22(35-23-9-6-14-30(19-23)36(2,32)33)11-13-25(27)29(31)28(24)21-7-4-3-5-8-21/h10-13,17-18,21,23H,3-9,14-16,19H2,1-2H3. The van der Waals surface area contributed by atoms with E-state index in [0.29, 0.717) is 25.6 Å². The van der Waals surface area contributed by atoms with Gasteiger partial charge in [0.1, 0.15) is 24.2 Å². The minimum Gasteiger partial charge on any atom is -0.491 e. The summed E-state index contributed by atoms with van der Waals surface area (Å²) in [5, 5.41) is 1.39. The zero-order valence-corrected chi connectivity index (χ0v) is 22.1. The molecule has 192 valence electrons. The van der Waals surface area contributed by atoms with Gasteiger partial charge in [0.15, 0.2) is 0 Å². The Kier molecular flexibility index (Phi) is 6.24. The zero-order valence-electron chi connectivity index (χ0n) is 21.3. The van der Waals surface area contributed by atoms with Gasteiger partial charge in [0.25, 0.3) is 0 Å². The lowest BCUT2D eigenvalue weighted by atomic mass is 9.81. The molecule has 3 heterocycles. The number of nitrogens with zero attached hydrogens (tertiary/aromatic N) is 2. The predicted octanol–water partition coefficient (Wildman–Crippen LogP) is 5.86. The first-order valence-corrected chi connectivity index (χ1v) is 15.2. The minimum atomic E-state index is -3.21. The van der Waals surface area contributed by atoms with Crippen molar-refractivity contribution in [2.24, 2.45) is 0 Å². The van der Waals surface area contributed by atoms with E-state index in [4.69, 9.17) is 9.47 Å². The molecule has 3 aliphatic rings. The third kappa shape index (κ3) is 4.41. The van der Waals surface area contributed by atoms with E-state index in [1.54, 1.807) is 0 Å². The Labute approximate surface area is 214 Å². The van der Waals surface area contributed by atoms with E-state index in [9.17, 15) is 8.42 Å². The fourth-order valence-electron chi connectivity index (χ4n) is 6.45. The lowest BCUT2D eigenvalue weighted by Gasteiger charge is -2.31. The van der Waals surface area contributed by atoms with Gasteiger partial charge < -0.3 is 14.0 Å². The molecule has 0 bridgehead atoms. The molecule has 6 nitrogen and oxygen atoms in total. The van der Waals surface area contributed by atoms with Crippen LogP contribution in [0.4, 0.5) is 0 Å². The number of aromatic nitrogens is 1. The second kappa shape index (κ2) is 9.42. The number of rotatable bonds is 4. The van der Waals surface area contributed by atoms with E-state index >= 15 is 0 Å². The van der Waals surface area contributed by atoms with Crippen LogP contribution in [-0.4, -0.2) is 49.3 Å². The fourth-order valence-corrected chi connectivity index (χ4v) is 7.34. The molecule has 3 aromatic rings. The van der Waals surface area contributed by atoms with Crippen LogP contribution >= 0.6 is 0 Å². The summed E-state index contributed by atoms with van der Waals surface area (Å²) >= 11 is 0. The van der Waals surface area contributed by atoms with Crippen LogP contribution < -0.4 is 9.47 Å². The number of ether oxygens (including phenoxy) is 2. The number of fused-ring (bicyclic) bond motifs is 5. The Hall–Kier alpha value is -2.51. The molecule has 0 spiro atoms. The molecule has 7 heteroatoms. The number of hydrogen-bond acceptors (Lipinski definition) is 4. The SMILES string of the molecule is Cc1ccc2c(C3CCCCC3)c3n(c2c1)CCOc1cc(OC2CCCN(S(C)(=O)=O)C2)ccc1-3. The highest BCUT2D eigenvalue weighted by atomic mass is 32.2. The number of sulfonamides is 1. The number of aryl methyl sites for hydroxylation is 1. The molecule has 1 atom stereocenters. The van der Waals surface area contributed by atoms with Crippen LogP contribution in [0.1, 0.15) is 62.0 Å². The Balaban J connectivity index is 1.39. The Morgan fingerprint density at radius 2 is 1.81 bits per heavy atom. The third-order valence-electron chi connectivity index (χ3n) is 8.17. The first kappa shape index (κ1) is 23.9. The van der Waals surface area contributed by atoms with Crippen molar-refractivity contribution in [2.75, 3.05) is 26.0 Å². The zero-order chi connectivity index (χ0) is 24.9. The summed E-state index contributed by atoms with van der Waals surface area (Å²) in [6.07, 6.45) is 9.20. The van der Waals surface area contributed by atoms with Crippen LogP contribution in [-0.2, 0) is 16.6 Å². The number of piperidine rings is 1. The van der Waals surface area contributed by atoms with Crippen LogP contribution in [0.5, 0.6) is 11.5 Å². The summed E-state index contributed by atoms with van der Waals surface area (Å²) in [6, 6.07) is 13.1. The molecule has 1 aliphatic carbocycles. The topological polar surface area (TPSA) is 60.8 Å². The van der Waals surface area contributed by atoms with Gasteiger partial charge in [-0.3, -0.25) is 0 Å². The van der Waals surface area contributed by atoms with Gasteiger partial charge >= 0.3 is 0 Å². The van der Waals surface area contributed by atoms with E-state index in [1.807, 2.05) is 12.1 Å². The molecule has 2 aliphatic heterocycles. The molecule has 2 fully saturated rings. The van der Waals surface area contributed by atoms with Gasteiger partial charge in [-0.2, -0.15) is 4.31 Å². The van der Waals surface area contributed by atoms with E-state index in [1.165, 1.54) is 70.4 Å². The van der Waals surface area contributed by atoms with Crippen molar-refractivity contribution in [3.63, 3.8) is 0 Å². The lowest BCUT2D eigenvalue weighted by Crippen LogP contribution is -2.43. The van der Waals surface area contributed by atoms with Crippen LogP contribution in [0.2, 0.25) is 0 Å². The third-order valence-corrected chi connectivity index (χ3v) is 9.44. The molecule has 0 radical (unpaired) electrons. The monoisotopic (exact) mass is 508 g/mol. The number of benzene rings is 2. The minimum absolute atomic E-state index is 0.149. The van der Waals surface area contributed by atoms with Crippen LogP contribution in [0.15, 0.2) is 36.4 Å². The Morgan fingerprint density at radius 3 is 2.61 bits per heavy atom. The summed E-state index contributed by atoms with van der Waals surface area (Å²) in [5.74, 6) is 2.18. The van der Waals surface area contributed by atoms with Crippen LogP contribution in [0, 0.1) is 6.92 Å². The summed E-state index contributed by atoms with van der Waals surface area (Å²) in [6.45, 7) is 4.56. The van der Waals surface area contributed by atoms with Crippen molar-refractivity contribution in [3.05, 3.63) is 47.5 Å². The maximum atomic E-state index is 12.0. The first-order valence-electron chi connectivity index (χ1n) is 13.4. The maximum absolute atomic E-state index is 12.0. The van der Waals surface area contributed by atoms with Gasteiger partial charge in [-0.15, -0.1) is 0 Å². The Morgan fingerprint density at radius 1 is 0.972 bits per heavy atom. The van der Waals surface area contributed by atoms with Crippen molar-refractivity contribution in [1.29, 1.82) is 0 Å².